The molecule has 8 heteroatoms. The summed E-state index contributed by atoms with van der Waals surface area (Å²) in [5.41, 5.74) is 2.13. The molecule has 0 radical (unpaired) electrons. The molecular weight excluding hydrogens is 338 g/mol. The number of aryl methyl sites for hydroxylation is 1. The van der Waals surface area contributed by atoms with E-state index in [9.17, 15) is 0 Å². The van der Waals surface area contributed by atoms with Gasteiger partial charge in [0, 0.05) is 12.6 Å². The lowest BCUT2D eigenvalue weighted by Crippen LogP contribution is -1.94. The molecule has 4 aromatic rings. The van der Waals surface area contributed by atoms with Crippen molar-refractivity contribution in [3.8, 4) is 23.0 Å². The van der Waals surface area contributed by atoms with E-state index in [-0.39, 0.29) is 0 Å². The Morgan fingerprint density at radius 3 is 2.72 bits per heavy atom. The molecule has 0 bridgehead atoms. The number of furan rings is 1. The van der Waals surface area contributed by atoms with E-state index in [1.807, 2.05) is 54.9 Å². The first-order valence-corrected chi connectivity index (χ1v) is 8.65. The van der Waals surface area contributed by atoms with Crippen LogP contribution in [0.4, 0.5) is 0 Å². The minimum absolute atomic E-state index is 0.517. The summed E-state index contributed by atoms with van der Waals surface area (Å²) in [6.45, 7) is 2.04. The summed E-state index contributed by atoms with van der Waals surface area (Å²) >= 11 is 1.48. The fraction of sp³-hybridized carbons (Fsp3) is 0.176. The Morgan fingerprint density at radius 2 is 1.96 bits per heavy atom. The Labute approximate surface area is 148 Å². The molecule has 0 aliphatic carbocycles. The predicted octanol–water partition coefficient (Wildman–Crippen LogP) is 3.73. The first-order valence-electron chi connectivity index (χ1n) is 7.66. The van der Waals surface area contributed by atoms with Crippen LogP contribution in [0.25, 0.3) is 23.0 Å². The van der Waals surface area contributed by atoms with Crippen LogP contribution in [-0.2, 0) is 12.8 Å². The van der Waals surface area contributed by atoms with Gasteiger partial charge in [-0.15, -0.1) is 10.2 Å². The van der Waals surface area contributed by atoms with Crippen LogP contribution in [0.2, 0.25) is 0 Å². The van der Waals surface area contributed by atoms with E-state index < -0.39 is 0 Å². The van der Waals surface area contributed by atoms with Gasteiger partial charge in [-0.1, -0.05) is 46.7 Å². The zero-order chi connectivity index (χ0) is 17.2. The van der Waals surface area contributed by atoms with Crippen LogP contribution in [0.15, 0.2) is 56.8 Å². The number of thioether (sulfide) groups is 1. The first kappa shape index (κ1) is 15.6. The van der Waals surface area contributed by atoms with Gasteiger partial charge in [0.15, 0.2) is 16.7 Å². The van der Waals surface area contributed by atoms with Gasteiger partial charge in [0.2, 0.25) is 11.7 Å². The van der Waals surface area contributed by atoms with E-state index in [0.29, 0.717) is 29.1 Å². The van der Waals surface area contributed by atoms with Crippen molar-refractivity contribution in [3.05, 3.63) is 54.1 Å². The number of nitrogens with zero attached hydrogens (tertiary/aromatic N) is 5. The molecule has 0 saturated carbocycles. The second-order valence-corrected chi connectivity index (χ2v) is 6.45. The van der Waals surface area contributed by atoms with Crippen molar-refractivity contribution in [1.82, 2.24) is 24.9 Å². The Balaban J connectivity index is 1.46. The molecule has 0 N–H and O–H groups in total. The largest absolute Gasteiger partial charge is 0.461 e. The molecule has 25 heavy (non-hydrogen) atoms. The predicted molar refractivity (Wildman–Crippen MR) is 92.7 cm³/mol. The summed E-state index contributed by atoms with van der Waals surface area (Å²) in [7, 11) is 1.89. The van der Waals surface area contributed by atoms with E-state index >= 15 is 0 Å². The molecule has 7 nitrogen and oxygen atoms in total. The van der Waals surface area contributed by atoms with Crippen molar-refractivity contribution in [2.45, 2.75) is 17.8 Å². The highest BCUT2D eigenvalue weighted by molar-refractivity contribution is 7.98. The highest BCUT2D eigenvalue weighted by Crippen LogP contribution is 2.26. The summed E-state index contributed by atoms with van der Waals surface area (Å²) < 4.78 is 12.6. The number of hydrogen-bond donors (Lipinski definition) is 0. The zero-order valence-corrected chi connectivity index (χ0v) is 14.5. The quantitative estimate of drug-likeness (QED) is 0.506. The highest BCUT2D eigenvalue weighted by atomic mass is 32.2. The van der Waals surface area contributed by atoms with Crippen molar-refractivity contribution in [3.63, 3.8) is 0 Å². The Hall–Kier alpha value is -2.87. The summed E-state index contributed by atoms with van der Waals surface area (Å²) in [5.74, 6) is 3.01. The minimum Gasteiger partial charge on any atom is -0.461 e. The number of aromatic nitrogens is 5. The third-order valence-electron chi connectivity index (χ3n) is 3.68. The molecule has 126 valence electrons. The Bertz CT molecular complexity index is 973. The van der Waals surface area contributed by atoms with Crippen LogP contribution in [0.1, 0.15) is 11.5 Å². The Kier molecular flexibility index (Phi) is 4.10. The van der Waals surface area contributed by atoms with Gasteiger partial charge < -0.3 is 13.5 Å². The lowest BCUT2D eigenvalue weighted by Gasteiger charge is -2.00. The van der Waals surface area contributed by atoms with Gasteiger partial charge in [-0.05, 0) is 19.1 Å². The standard InChI is InChI=1S/C17H15N5O2S/c1-11-5-7-12(8-6-11)15-18-14(24-21-15)10-25-17-20-19-16(22(17)2)13-4-3-9-23-13/h3-9H,10H2,1-2H3. The second kappa shape index (κ2) is 6.56. The average molecular weight is 353 g/mol. The Morgan fingerprint density at radius 1 is 1.12 bits per heavy atom. The van der Waals surface area contributed by atoms with Gasteiger partial charge >= 0.3 is 0 Å². The van der Waals surface area contributed by atoms with Crippen LogP contribution in [0.5, 0.6) is 0 Å². The van der Waals surface area contributed by atoms with Crippen molar-refractivity contribution < 1.29 is 8.94 Å². The fourth-order valence-electron chi connectivity index (χ4n) is 2.32. The summed E-state index contributed by atoms with van der Waals surface area (Å²) in [5, 5.41) is 13.1. The van der Waals surface area contributed by atoms with Crippen LogP contribution in [0.3, 0.4) is 0 Å². The smallest absolute Gasteiger partial charge is 0.237 e. The van der Waals surface area contributed by atoms with Gasteiger partial charge in [0.25, 0.3) is 0 Å². The molecule has 0 unspecified atom stereocenters. The average Bonchev–Trinajstić information content (AvgIpc) is 3.34. The van der Waals surface area contributed by atoms with Crippen LogP contribution >= 0.6 is 11.8 Å². The van der Waals surface area contributed by atoms with E-state index in [0.717, 1.165) is 10.7 Å². The van der Waals surface area contributed by atoms with Crippen molar-refractivity contribution in [2.75, 3.05) is 0 Å². The molecule has 4 rings (SSSR count). The van der Waals surface area contributed by atoms with Gasteiger partial charge in [-0.2, -0.15) is 4.98 Å². The molecule has 0 fully saturated rings. The molecule has 3 aromatic heterocycles. The van der Waals surface area contributed by atoms with Gasteiger partial charge in [-0.3, -0.25) is 0 Å². The molecule has 3 heterocycles. The van der Waals surface area contributed by atoms with E-state index in [1.54, 1.807) is 6.26 Å². The number of rotatable bonds is 5. The highest BCUT2D eigenvalue weighted by Gasteiger charge is 2.15. The topological polar surface area (TPSA) is 82.8 Å². The molecule has 0 saturated heterocycles. The van der Waals surface area contributed by atoms with Crippen LogP contribution < -0.4 is 0 Å². The second-order valence-electron chi connectivity index (χ2n) is 5.51. The van der Waals surface area contributed by atoms with E-state index in [2.05, 4.69) is 20.3 Å². The minimum atomic E-state index is 0.517. The monoisotopic (exact) mass is 353 g/mol. The van der Waals surface area contributed by atoms with E-state index in [1.165, 1.54) is 17.3 Å². The molecule has 0 amide bonds. The zero-order valence-electron chi connectivity index (χ0n) is 13.7. The maximum absolute atomic E-state index is 5.36. The summed E-state index contributed by atoms with van der Waals surface area (Å²) in [6, 6.07) is 11.7. The van der Waals surface area contributed by atoms with Gasteiger partial charge in [0.05, 0.1) is 12.0 Å². The SMILES string of the molecule is Cc1ccc(-c2noc(CSc3nnc(-c4ccco4)n3C)n2)cc1. The molecular formula is C17H15N5O2S. The molecule has 0 aliphatic rings. The lowest BCUT2D eigenvalue weighted by molar-refractivity contribution is 0.391. The third-order valence-corrected chi connectivity index (χ3v) is 4.68. The normalized spacial score (nSPS) is 11.1. The fourth-order valence-corrected chi connectivity index (χ4v) is 3.07. The van der Waals surface area contributed by atoms with Crippen LogP contribution in [-0.4, -0.2) is 24.9 Å². The summed E-state index contributed by atoms with van der Waals surface area (Å²) in [6.07, 6.45) is 1.61. The lowest BCUT2D eigenvalue weighted by atomic mass is 10.1. The van der Waals surface area contributed by atoms with Gasteiger partial charge in [-0.25, -0.2) is 0 Å². The van der Waals surface area contributed by atoms with Gasteiger partial charge in [0.1, 0.15) is 0 Å². The van der Waals surface area contributed by atoms with Crippen LogP contribution in [0, 0.1) is 6.92 Å². The maximum Gasteiger partial charge on any atom is 0.237 e. The van der Waals surface area contributed by atoms with Crippen molar-refractivity contribution in [2.24, 2.45) is 7.05 Å². The molecule has 1 aromatic carbocycles. The van der Waals surface area contributed by atoms with E-state index in [4.69, 9.17) is 8.94 Å². The number of benzene rings is 1. The maximum atomic E-state index is 5.36. The molecule has 0 spiro atoms. The third kappa shape index (κ3) is 3.20. The first-order chi connectivity index (χ1) is 12.2. The van der Waals surface area contributed by atoms with Crippen molar-refractivity contribution in [1.29, 1.82) is 0 Å². The number of hydrogen-bond acceptors (Lipinski definition) is 7. The molecule has 0 atom stereocenters. The molecule has 0 aliphatic heterocycles. The van der Waals surface area contributed by atoms with Crippen molar-refractivity contribution >= 4 is 11.8 Å². The summed E-state index contributed by atoms with van der Waals surface area (Å²) in [4.78, 5) is 4.44.